The SMILES string of the molecule is Cc1cc(C(=O)N2CC[C@@]3(O)CCN(C(=O)N4CCCC4)C[C@H]3C2)c(C)o1. The zero-order chi connectivity index (χ0) is 19.2. The molecule has 3 aliphatic rings. The summed E-state index contributed by atoms with van der Waals surface area (Å²) in [5.74, 6) is 1.20. The van der Waals surface area contributed by atoms with Gasteiger partial charge in [0.25, 0.3) is 5.91 Å². The first-order valence-corrected chi connectivity index (χ1v) is 10.00. The van der Waals surface area contributed by atoms with Crippen molar-refractivity contribution in [3.63, 3.8) is 0 Å². The third-order valence-corrected chi connectivity index (χ3v) is 6.48. The summed E-state index contributed by atoms with van der Waals surface area (Å²) in [6.07, 6.45) is 3.28. The molecule has 1 aromatic rings. The van der Waals surface area contributed by atoms with Crippen LogP contribution in [0.3, 0.4) is 0 Å². The Hall–Kier alpha value is -2.02. The molecule has 0 aromatic carbocycles. The second kappa shape index (κ2) is 6.86. The summed E-state index contributed by atoms with van der Waals surface area (Å²) in [5.41, 5.74) is -0.182. The molecule has 3 aliphatic heterocycles. The van der Waals surface area contributed by atoms with E-state index in [1.165, 1.54) is 0 Å². The number of urea groups is 1. The first-order chi connectivity index (χ1) is 12.9. The summed E-state index contributed by atoms with van der Waals surface area (Å²) in [4.78, 5) is 31.3. The second-order valence-corrected chi connectivity index (χ2v) is 8.30. The Morgan fingerprint density at radius 2 is 1.67 bits per heavy atom. The van der Waals surface area contributed by atoms with E-state index in [1.54, 1.807) is 17.9 Å². The van der Waals surface area contributed by atoms with Crippen molar-refractivity contribution in [3.8, 4) is 0 Å². The quantitative estimate of drug-likeness (QED) is 0.815. The van der Waals surface area contributed by atoms with E-state index in [4.69, 9.17) is 4.42 Å². The minimum atomic E-state index is -0.778. The van der Waals surface area contributed by atoms with Crippen LogP contribution in [0.1, 0.15) is 47.6 Å². The van der Waals surface area contributed by atoms with Gasteiger partial charge < -0.3 is 24.2 Å². The van der Waals surface area contributed by atoms with Gasteiger partial charge >= 0.3 is 6.03 Å². The summed E-state index contributed by atoms with van der Waals surface area (Å²) in [7, 11) is 0. The molecule has 0 bridgehead atoms. The largest absolute Gasteiger partial charge is 0.466 e. The maximum Gasteiger partial charge on any atom is 0.320 e. The molecule has 2 atom stereocenters. The fourth-order valence-corrected chi connectivity index (χ4v) is 4.78. The highest BCUT2D eigenvalue weighted by molar-refractivity contribution is 5.95. The number of hydrogen-bond acceptors (Lipinski definition) is 4. The van der Waals surface area contributed by atoms with E-state index in [0.717, 1.165) is 31.7 Å². The average molecular weight is 375 g/mol. The number of hydrogen-bond donors (Lipinski definition) is 1. The molecule has 0 radical (unpaired) electrons. The molecule has 7 heteroatoms. The number of carbonyl (C=O) groups is 2. The number of carbonyl (C=O) groups excluding carboxylic acids is 2. The molecule has 3 saturated heterocycles. The Morgan fingerprint density at radius 3 is 2.30 bits per heavy atom. The molecule has 0 saturated carbocycles. The van der Waals surface area contributed by atoms with Crippen LogP contribution in [-0.4, -0.2) is 76.6 Å². The highest BCUT2D eigenvalue weighted by Gasteiger charge is 2.47. The second-order valence-electron chi connectivity index (χ2n) is 8.30. The number of piperidine rings is 2. The highest BCUT2D eigenvalue weighted by atomic mass is 16.3. The molecule has 4 rings (SSSR count). The van der Waals surface area contributed by atoms with Crippen LogP contribution in [0.4, 0.5) is 4.79 Å². The maximum atomic E-state index is 12.9. The van der Waals surface area contributed by atoms with E-state index in [0.29, 0.717) is 50.3 Å². The number of aliphatic hydroxyl groups is 1. The van der Waals surface area contributed by atoms with Gasteiger partial charge in [0.1, 0.15) is 11.5 Å². The lowest BCUT2D eigenvalue weighted by atomic mass is 9.75. The van der Waals surface area contributed by atoms with Crippen LogP contribution in [0.15, 0.2) is 10.5 Å². The van der Waals surface area contributed by atoms with Crippen molar-refractivity contribution in [1.82, 2.24) is 14.7 Å². The molecule has 1 aromatic heterocycles. The van der Waals surface area contributed by atoms with Gasteiger partial charge in [-0.05, 0) is 45.6 Å². The van der Waals surface area contributed by atoms with Gasteiger partial charge in [-0.2, -0.15) is 0 Å². The molecule has 27 heavy (non-hydrogen) atoms. The van der Waals surface area contributed by atoms with Crippen molar-refractivity contribution in [1.29, 1.82) is 0 Å². The predicted octanol–water partition coefficient (Wildman–Crippen LogP) is 2.01. The smallest absolute Gasteiger partial charge is 0.320 e. The van der Waals surface area contributed by atoms with Crippen molar-refractivity contribution in [2.24, 2.45) is 5.92 Å². The van der Waals surface area contributed by atoms with Crippen LogP contribution in [-0.2, 0) is 0 Å². The minimum Gasteiger partial charge on any atom is -0.466 e. The third kappa shape index (κ3) is 3.33. The Balaban J connectivity index is 1.46. The van der Waals surface area contributed by atoms with E-state index < -0.39 is 5.60 Å². The van der Waals surface area contributed by atoms with Crippen LogP contribution < -0.4 is 0 Å². The first kappa shape index (κ1) is 18.3. The zero-order valence-corrected chi connectivity index (χ0v) is 16.2. The summed E-state index contributed by atoms with van der Waals surface area (Å²) in [6.45, 7) is 7.41. The number of amides is 3. The molecule has 4 heterocycles. The molecular weight excluding hydrogens is 346 g/mol. The molecule has 3 fully saturated rings. The van der Waals surface area contributed by atoms with E-state index in [-0.39, 0.29) is 17.9 Å². The molecule has 148 valence electrons. The van der Waals surface area contributed by atoms with E-state index in [1.807, 2.05) is 16.7 Å². The summed E-state index contributed by atoms with van der Waals surface area (Å²) >= 11 is 0. The van der Waals surface area contributed by atoms with Gasteiger partial charge in [0, 0.05) is 45.2 Å². The summed E-state index contributed by atoms with van der Waals surface area (Å²) in [5, 5.41) is 11.1. The van der Waals surface area contributed by atoms with Crippen LogP contribution in [0.2, 0.25) is 0 Å². The van der Waals surface area contributed by atoms with Crippen molar-refractivity contribution >= 4 is 11.9 Å². The third-order valence-electron chi connectivity index (χ3n) is 6.48. The lowest BCUT2D eigenvalue weighted by Crippen LogP contribution is -2.62. The number of rotatable bonds is 1. The first-order valence-electron chi connectivity index (χ1n) is 10.00. The number of likely N-dealkylation sites (tertiary alicyclic amines) is 3. The fourth-order valence-electron chi connectivity index (χ4n) is 4.78. The number of furan rings is 1. The van der Waals surface area contributed by atoms with Crippen LogP contribution in [0, 0.1) is 19.8 Å². The Kier molecular flexibility index (Phi) is 4.66. The number of fused-ring (bicyclic) bond motifs is 1. The van der Waals surface area contributed by atoms with Crippen molar-refractivity contribution in [2.45, 2.75) is 45.1 Å². The monoisotopic (exact) mass is 375 g/mol. The average Bonchev–Trinajstić information content (AvgIpc) is 3.29. The standard InChI is InChI=1S/C20H29N3O4/c1-14-11-17(15(2)27-14)18(24)22-9-5-20(26)6-10-23(13-16(20)12-22)19(25)21-7-3-4-8-21/h11,16,26H,3-10,12-13H2,1-2H3/t16-,20-/m1/s1. The minimum absolute atomic E-state index is 0.0469. The normalized spacial score (nSPS) is 28.4. The van der Waals surface area contributed by atoms with Gasteiger partial charge in [0.15, 0.2) is 0 Å². The Bertz CT molecular complexity index is 740. The van der Waals surface area contributed by atoms with Crippen molar-refractivity contribution < 1.29 is 19.1 Å². The Labute approximate surface area is 159 Å². The molecule has 0 spiro atoms. The summed E-state index contributed by atoms with van der Waals surface area (Å²) in [6, 6.07) is 1.86. The van der Waals surface area contributed by atoms with Crippen LogP contribution in [0.25, 0.3) is 0 Å². The lowest BCUT2D eigenvalue weighted by Gasteiger charge is -2.50. The molecule has 7 nitrogen and oxygen atoms in total. The Morgan fingerprint density at radius 1 is 1.04 bits per heavy atom. The van der Waals surface area contributed by atoms with Gasteiger partial charge in [-0.3, -0.25) is 4.79 Å². The molecule has 0 unspecified atom stereocenters. The van der Waals surface area contributed by atoms with Crippen LogP contribution in [0.5, 0.6) is 0 Å². The van der Waals surface area contributed by atoms with Crippen LogP contribution >= 0.6 is 0 Å². The van der Waals surface area contributed by atoms with Crippen molar-refractivity contribution in [3.05, 3.63) is 23.2 Å². The maximum absolute atomic E-state index is 12.9. The molecule has 1 N–H and O–H groups in total. The molecule has 3 amide bonds. The highest BCUT2D eigenvalue weighted by Crippen LogP contribution is 2.36. The van der Waals surface area contributed by atoms with Gasteiger partial charge in [-0.1, -0.05) is 0 Å². The van der Waals surface area contributed by atoms with Gasteiger partial charge in [0.05, 0.1) is 11.2 Å². The predicted molar refractivity (Wildman–Crippen MR) is 99.5 cm³/mol. The van der Waals surface area contributed by atoms with Gasteiger partial charge in [-0.25, -0.2) is 4.79 Å². The van der Waals surface area contributed by atoms with E-state index >= 15 is 0 Å². The molecule has 0 aliphatic carbocycles. The van der Waals surface area contributed by atoms with Gasteiger partial charge in [0.2, 0.25) is 0 Å². The molecular formula is C20H29N3O4. The fraction of sp³-hybridized carbons (Fsp3) is 0.700. The topological polar surface area (TPSA) is 77.2 Å². The van der Waals surface area contributed by atoms with E-state index in [9.17, 15) is 14.7 Å². The lowest BCUT2D eigenvalue weighted by molar-refractivity contribution is -0.101. The number of nitrogens with zero attached hydrogens (tertiary/aromatic N) is 3. The van der Waals surface area contributed by atoms with Gasteiger partial charge in [-0.15, -0.1) is 0 Å². The van der Waals surface area contributed by atoms with Crippen molar-refractivity contribution in [2.75, 3.05) is 39.3 Å². The van der Waals surface area contributed by atoms with E-state index in [2.05, 4.69) is 0 Å². The summed E-state index contributed by atoms with van der Waals surface area (Å²) < 4.78 is 5.50. The number of aryl methyl sites for hydroxylation is 2. The zero-order valence-electron chi connectivity index (χ0n) is 16.2.